The van der Waals surface area contributed by atoms with Crippen LogP contribution in [0, 0.1) is 12.3 Å². The van der Waals surface area contributed by atoms with Crippen molar-refractivity contribution in [2.75, 3.05) is 13.7 Å². The minimum atomic E-state index is -2.93. The lowest BCUT2D eigenvalue weighted by molar-refractivity contribution is -0.128. The Labute approximate surface area is 152 Å². The van der Waals surface area contributed by atoms with Crippen LogP contribution in [0.1, 0.15) is 37.7 Å². The van der Waals surface area contributed by atoms with Crippen molar-refractivity contribution in [3.05, 3.63) is 29.8 Å². The molecule has 4 nitrogen and oxygen atoms in total. The highest BCUT2D eigenvalue weighted by molar-refractivity contribution is 5.92. The van der Waals surface area contributed by atoms with E-state index in [1.165, 1.54) is 31.7 Å². The Morgan fingerprint density at radius 3 is 2.69 bits per heavy atom. The van der Waals surface area contributed by atoms with Crippen LogP contribution in [0.3, 0.4) is 0 Å². The summed E-state index contributed by atoms with van der Waals surface area (Å²) in [4.78, 5) is 14.3. The summed E-state index contributed by atoms with van der Waals surface area (Å²) < 4.78 is 34.2. The molecule has 1 saturated carbocycles. The molecular weight excluding hydrogens is 340 g/mol. The van der Waals surface area contributed by atoms with Crippen molar-refractivity contribution in [3.63, 3.8) is 0 Å². The van der Waals surface area contributed by atoms with Gasteiger partial charge in [-0.3, -0.25) is 4.79 Å². The van der Waals surface area contributed by atoms with Gasteiger partial charge in [0.25, 0.3) is 0 Å². The van der Waals surface area contributed by atoms with Gasteiger partial charge in [0, 0.05) is 12.1 Å². The number of terminal acetylenes is 1. The zero-order chi connectivity index (χ0) is 18.9. The number of alkyl halides is 2. The van der Waals surface area contributed by atoms with Crippen LogP contribution in [-0.4, -0.2) is 37.1 Å². The molecule has 0 bridgehead atoms. The molecule has 1 amide bonds. The van der Waals surface area contributed by atoms with Crippen LogP contribution in [-0.2, 0) is 4.79 Å². The lowest BCUT2D eigenvalue weighted by Gasteiger charge is -2.32. The van der Waals surface area contributed by atoms with Gasteiger partial charge in [0.1, 0.15) is 0 Å². The van der Waals surface area contributed by atoms with Crippen LogP contribution in [0.15, 0.2) is 24.3 Å². The zero-order valence-corrected chi connectivity index (χ0v) is 14.8. The molecule has 1 aliphatic rings. The Morgan fingerprint density at radius 2 is 2.08 bits per heavy atom. The molecule has 2 rings (SSSR count). The molecule has 0 radical (unpaired) electrons. The molecule has 0 spiro atoms. The second kappa shape index (κ2) is 9.81. The molecule has 1 aliphatic carbocycles. The quantitative estimate of drug-likeness (QED) is 0.541. The zero-order valence-electron chi connectivity index (χ0n) is 14.8. The second-order valence-electron chi connectivity index (χ2n) is 6.08. The SMILES string of the molecule is C#CCN(C(=O)/C=C/c1ccc(OC(F)F)c(OC)c1)C1CCCCC1. The molecule has 0 aliphatic heterocycles. The number of ether oxygens (including phenoxy) is 2. The number of rotatable bonds is 7. The number of benzene rings is 1. The van der Waals surface area contributed by atoms with Gasteiger partial charge in [-0.2, -0.15) is 8.78 Å². The number of carbonyl (C=O) groups is 1. The first kappa shape index (κ1) is 19.8. The summed E-state index contributed by atoms with van der Waals surface area (Å²) in [6, 6.07) is 4.67. The molecule has 26 heavy (non-hydrogen) atoms. The first-order valence-corrected chi connectivity index (χ1v) is 8.60. The number of hydrogen-bond donors (Lipinski definition) is 0. The summed E-state index contributed by atoms with van der Waals surface area (Å²) in [5.41, 5.74) is 0.640. The van der Waals surface area contributed by atoms with Crippen LogP contribution < -0.4 is 9.47 Å². The lowest BCUT2D eigenvalue weighted by atomic mass is 9.94. The summed E-state index contributed by atoms with van der Waals surface area (Å²) >= 11 is 0. The Hall–Kier alpha value is -2.55. The third kappa shape index (κ3) is 5.48. The van der Waals surface area contributed by atoms with Gasteiger partial charge in [-0.15, -0.1) is 6.42 Å². The normalized spacial score (nSPS) is 15.0. The van der Waals surface area contributed by atoms with Gasteiger partial charge in [0.15, 0.2) is 11.5 Å². The van der Waals surface area contributed by atoms with E-state index in [-0.39, 0.29) is 30.0 Å². The lowest BCUT2D eigenvalue weighted by Crippen LogP contribution is -2.40. The van der Waals surface area contributed by atoms with Crippen LogP contribution >= 0.6 is 0 Å². The summed E-state index contributed by atoms with van der Waals surface area (Å²) in [6.07, 6.45) is 13.8. The highest BCUT2D eigenvalue weighted by Crippen LogP contribution is 2.30. The van der Waals surface area contributed by atoms with Gasteiger partial charge in [0.2, 0.25) is 5.91 Å². The largest absolute Gasteiger partial charge is 0.493 e. The first-order valence-electron chi connectivity index (χ1n) is 8.60. The number of halogens is 2. The van der Waals surface area contributed by atoms with Crippen molar-refractivity contribution in [3.8, 4) is 23.8 Å². The maximum atomic E-state index is 12.6. The Kier molecular flexibility index (Phi) is 7.46. The van der Waals surface area contributed by atoms with E-state index in [9.17, 15) is 13.6 Å². The molecule has 0 unspecified atom stereocenters. The Morgan fingerprint density at radius 1 is 1.35 bits per heavy atom. The number of hydrogen-bond acceptors (Lipinski definition) is 3. The monoisotopic (exact) mass is 363 g/mol. The van der Waals surface area contributed by atoms with Crippen molar-refractivity contribution >= 4 is 12.0 Å². The van der Waals surface area contributed by atoms with Gasteiger partial charge in [-0.1, -0.05) is 31.2 Å². The van der Waals surface area contributed by atoms with E-state index in [0.717, 1.165) is 25.7 Å². The van der Waals surface area contributed by atoms with Gasteiger partial charge >= 0.3 is 6.61 Å². The van der Waals surface area contributed by atoms with Gasteiger partial charge < -0.3 is 14.4 Å². The van der Waals surface area contributed by atoms with E-state index in [4.69, 9.17) is 11.2 Å². The Bertz CT molecular complexity index is 676. The molecule has 6 heteroatoms. The van der Waals surface area contributed by atoms with E-state index in [2.05, 4.69) is 10.7 Å². The maximum Gasteiger partial charge on any atom is 0.387 e. The third-order valence-electron chi connectivity index (χ3n) is 4.38. The van der Waals surface area contributed by atoms with Crippen molar-refractivity contribution in [1.82, 2.24) is 4.90 Å². The van der Waals surface area contributed by atoms with E-state index in [1.54, 1.807) is 17.0 Å². The molecule has 1 fully saturated rings. The van der Waals surface area contributed by atoms with E-state index in [1.807, 2.05) is 0 Å². The fraction of sp³-hybridized carbons (Fsp3) is 0.450. The molecular formula is C20H23F2NO3. The molecule has 1 aromatic rings. The third-order valence-corrected chi connectivity index (χ3v) is 4.38. The summed E-state index contributed by atoms with van der Waals surface area (Å²) in [7, 11) is 1.37. The van der Waals surface area contributed by atoms with Crippen LogP contribution in [0.25, 0.3) is 6.08 Å². The van der Waals surface area contributed by atoms with Crippen molar-refractivity contribution in [1.29, 1.82) is 0 Å². The van der Waals surface area contributed by atoms with Gasteiger partial charge in [-0.05, 0) is 36.6 Å². The highest BCUT2D eigenvalue weighted by atomic mass is 19.3. The number of carbonyl (C=O) groups excluding carboxylic acids is 1. The standard InChI is InChI=1S/C20H23F2NO3/c1-3-13-23(16-7-5-4-6-8-16)19(24)12-10-15-9-11-17(26-20(21)22)18(14-15)25-2/h1,9-12,14,16,20H,4-8,13H2,2H3/b12-10+. The van der Waals surface area contributed by atoms with E-state index >= 15 is 0 Å². The average molecular weight is 363 g/mol. The van der Waals surface area contributed by atoms with E-state index in [0.29, 0.717) is 5.56 Å². The van der Waals surface area contributed by atoms with Crippen molar-refractivity contribution in [2.24, 2.45) is 0 Å². The van der Waals surface area contributed by atoms with Crippen LogP contribution in [0.2, 0.25) is 0 Å². The summed E-state index contributed by atoms with van der Waals surface area (Å²) in [5, 5.41) is 0. The van der Waals surface area contributed by atoms with Gasteiger partial charge in [0.05, 0.1) is 13.7 Å². The molecule has 1 aromatic carbocycles. The molecule has 0 saturated heterocycles. The highest BCUT2D eigenvalue weighted by Gasteiger charge is 2.23. The fourth-order valence-electron chi connectivity index (χ4n) is 3.12. The van der Waals surface area contributed by atoms with Gasteiger partial charge in [-0.25, -0.2) is 0 Å². The van der Waals surface area contributed by atoms with Crippen LogP contribution in [0.5, 0.6) is 11.5 Å². The molecule has 0 atom stereocenters. The predicted molar refractivity (Wildman–Crippen MR) is 96.1 cm³/mol. The fourth-order valence-corrected chi connectivity index (χ4v) is 3.12. The molecule has 0 N–H and O–H groups in total. The number of nitrogens with zero attached hydrogens (tertiary/aromatic N) is 1. The predicted octanol–water partition coefficient (Wildman–Crippen LogP) is 4.10. The average Bonchev–Trinajstić information content (AvgIpc) is 2.65. The van der Waals surface area contributed by atoms with Crippen LogP contribution in [0.4, 0.5) is 8.78 Å². The number of methoxy groups -OCH3 is 1. The summed E-state index contributed by atoms with van der Waals surface area (Å²) in [5.74, 6) is 2.52. The Balaban J connectivity index is 2.11. The number of amides is 1. The molecule has 0 aromatic heterocycles. The van der Waals surface area contributed by atoms with E-state index < -0.39 is 6.61 Å². The molecule has 0 heterocycles. The maximum absolute atomic E-state index is 12.6. The molecule has 140 valence electrons. The minimum absolute atomic E-state index is 0.0536. The van der Waals surface area contributed by atoms with Crippen molar-refractivity contribution in [2.45, 2.75) is 44.8 Å². The second-order valence-corrected chi connectivity index (χ2v) is 6.08. The van der Waals surface area contributed by atoms with Crippen molar-refractivity contribution < 1.29 is 23.0 Å². The summed E-state index contributed by atoms with van der Waals surface area (Å²) in [6.45, 7) is -2.65. The minimum Gasteiger partial charge on any atom is -0.493 e. The topological polar surface area (TPSA) is 38.8 Å². The first-order chi connectivity index (χ1) is 12.5. The smallest absolute Gasteiger partial charge is 0.387 e.